The van der Waals surface area contributed by atoms with Gasteiger partial charge in [-0.15, -0.1) is 0 Å². The van der Waals surface area contributed by atoms with E-state index in [2.05, 4.69) is 27.0 Å². The summed E-state index contributed by atoms with van der Waals surface area (Å²) in [5.74, 6) is -0.0321. The van der Waals surface area contributed by atoms with Gasteiger partial charge >= 0.3 is 5.97 Å². The molecule has 1 aliphatic rings. The minimum absolute atomic E-state index is 0.402. The molecule has 2 aromatic rings. The van der Waals surface area contributed by atoms with Gasteiger partial charge in [-0.2, -0.15) is 4.37 Å². The quantitative estimate of drug-likeness (QED) is 0.622. The third-order valence-electron chi connectivity index (χ3n) is 3.08. The van der Waals surface area contributed by atoms with Crippen molar-refractivity contribution < 1.29 is 14.6 Å². The lowest BCUT2D eigenvalue weighted by atomic mass is 10.1. The van der Waals surface area contributed by atoms with Gasteiger partial charge in [-0.3, -0.25) is 0 Å². The van der Waals surface area contributed by atoms with Crippen LogP contribution in [0.2, 0.25) is 0 Å². The first-order chi connectivity index (χ1) is 9.58. The van der Waals surface area contributed by atoms with Gasteiger partial charge in [0.2, 0.25) is 0 Å². The molecule has 0 saturated carbocycles. The van der Waals surface area contributed by atoms with E-state index in [0.717, 1.165) is 14.0 Å². The molecule has 1 unspecified atom stereocenters. The van der Waals surface area contributed by atoms with E-state index in [1.807, 2.05) is 24.3 Å². The highest BCUT2D eigenvalue weighted by Crippen LogP contribution is 2.35. The topological polar surface area (TPSA) is 59.4 Å². The molecular formula is C14H10INO3S. The number of carbonyl (C=O) groups is 1. The molecule has 1 N–H and O–H groups in total. The standard InChI is InChI=1S/C14H10INO3S/c1-7-12(13(15)20-16-7)14(18)19-11-6-10(17)8-4-2-3-5-9(8)11/h2-6,10,17H,1H3. The fourth-order valence-corrected chi connectivity index (χ4v) is 3.65. The Bertz CT molecular complexity index is 703. The molecule has 0 aliphatic heterocycles. The fourth-order valence-electron chi connectivity index (χ4n) is 2.11. The van der Waals surface area contributed by atoms with E-state index in [0.29, 0.717) is 17.0 Å². The first-order valence-electron chi connectivity index (χ1n) is 5.91. The molecule has 0 amide bonds. The zero-order valence-corrected chi connectivity index (χ0v) is 13.4. The van der Waals surface area contributed by atoms with Crippen LogP contribution in [0.5, 0.6) is 0 Å². The molecule has 1 aliphatic carbocycles. The van der Waals surface area contributed by atoms with Crippen LogP contribution in [0.1, 0.15) is 33.3 Å². The highest BCUT2D eigenvalue weighted by molar-refractivity contribution is 14.1. The van der Waals surface area contributed by atoms with Gasteiger partial charge in [0.05, 0.1) is 5.69 Å². The summed E-state index contributed by atoms with van der Waals surface area (Å²) >= 11 is 3.34. The Labute approximate surface area is 133 Å². The van der Waals surface area contributed by atoms with E-state index in [1.165, 1.54) is 11.5 Å². The number of hydrogen-bond donors (Lipinski definition) is 1. The number of benzene rings is 1. The Hall–Kier alpha value is -1.25. The van der Waals surface area contributed by atoms with Crippen molar-refractivity contribution in [2.24, 2.45) is 0 Å². The first-order valence-corrected chi connectivity index (χ1v) is 7.76. The number of hydrogen-bond acceptors (Lipinski definition) is 5. The first kappa shape index (κ1) is 13.7. The van der Waals surface area contributed by atoms with Gasteiger partial charge in [-0.25, -0.2) is 4.79 Å². The maximum Gasteiger partial charge on any atom is 0.347 e. The maximum absolute atomic E-state index is 12.2. The summed E-state index contributed by atoms with van der Waals surface area (Å²) in [6, 6.07) is 7.34. The van der Waals surface area contributed by atoms with E-state index >= 15 is 0 Å². The Morgan fingerprint density at radius 1 is 1.45 bits per heavy atom. The summed E-state index contributed by atoms with van der Waals surface area (Å²) in [7, 11) is 0. The molecule has 1 heterocycles. The third-order valence-corrected chi connectivity index (χ3v) is 4.94. The molecular weight excluding hydrogens is 389 g/mol. The fraction of sp³-hybridized carbons (Fsp3) is 0.143. The zero-order chi connectivity index (χ0) is 14.3. The Morgan fingerprint density at radius 3 is 2.90 bits per heavy atom. The lowest BCUT2D eigenvalue weighted by Crippen LogP contribution is -2.06. The van der Waals surface area contributed by atoms with Crippen molar-refractivity contribution in [3.05, 3.63) is 55.6 Å². The van der Waals surface area contributed by atoms with E-state index < -0.39 is 12.1 Å². The average molecular weight is 399 g/mol. The van der Waals surface area contributed by atoms with Crippen LogP contribution in [0.25, 0.3) is 5.76 Å². The monoisotopic (exact) mass is 399 g/mol. The summed E-state index contributed by atoms with van der Waals surface area (Å²) < 4.78 is 10.4. The number of esters is 1. The molecule has 1 atom stereocenters. The molecule has 1 aromatic carbocycles. The Kier molecular flexibility index (Phi) is 3.61. The number of aromatic nitrogens is 1. The number of halogens is 1. The molecule has 0 saturated heterocycles. The molecule has 0 fully saturated rings. The number of nitrogens with zero attached hydrogens (tertiary/aromatic N) is 1. The molecule has 0 bridgehead atoms. The van der Waals surface area contributed by atoms with E-state index in [4.69, 9.17) is 4.74 Å². The van der Waals surface area contributed by atoms with Crippen molar-refractivity contribution in [1.29, 1.82) is 0 Å². The number of aryl methyl sites for hydroxylation is 1. The molecule has 1 aromatic heterocycles. The number of carbonyl (C=O) groups excluding carboxylic acids is 1. The van der Waals surface area contributed by atoms with E-state index in [9.17, 15) is 9.90 Å². The van der Waals surface area contributed by atoms with Crippen molar-refractivity contribution in [3.63, 3.8) is 0 Å². The molecule has 3 rings (SSSR count). The van der Waals surface area contributed by atoms with Crippen LogP contribution in [0, 0.1) is 9.81 Å². The minimum atomic E-state index is -0.727. The second-order valence-electron chi connectivity index (χ2n) is 4.37. The van der Waals surface area contributed by atoms with Gasteiger partial charge in [-0.1, -0.05) is 24.3 Å². The number of aliphatic hydroxyl groups is 1. The van der Waals surface area contributed by atoms with Crippen LogP contribution in [0.3, 0.4) is 0 Å². The Morgan fingerprint density at radius 2 is 2.20 bits per heavy atom. The van der Waals surface area contributed by atoms with Gasteiger partial charge in [0.1, 0.15) is 20.3 Å². The molecule has 102 valence electrons. The van der Waals surface area contributed by atoms with Crippen LogP contribution in [-0.4, -0.2) is 15.4 Å². The normalized spacial score (nSPS) is 16.8. The molecule has 0 spiro atoms. The predicted octanol–water partition coefficient (Wildman–Crippen LogP) is 3.30. The van der Waals surface area contributed by atoms with Crippen molar-refractivity contribution in [1.82, 2.24) is 4.37 Å². The molecule has 20 heavy (non-hydrogen) atoms. The zero-order valence-electron chi connectivity index (χ0n) is 10.5. The van der Waals surface area contributed by atoms with E-state index in [1.54, 1.807) is 13.0 Å². The summed E-state index contributed by atoms with van der Waals surface area (Å²) in [5.41, 5.74) is 2.67. The molecule has 4 nitrogen and oxygen atoms in total. The lowest BCUT2D eigenvalue weighted by molar-refractivity contribution is 0.0690. The van der Waals surface area contributed by atoms with Gasteiger partial charge in [0.15, 0.2) is 0 Å². The van der Waals surface area contributed by atoms with Crippen molar-refractivity contribution in [3.8, 4) is 0 Å². The van der Waals surface area contributed by atoms with Gasteiger partial charge in [0.25, 0.3) is 0 Å². The number of rotatable bonds is 2. The number of fused-ring (bicyclic) bond motifs is 1. The third kappa shape index (κ3) is 2.27. The average Bonchev–Trinajstić information content (AvgIpc) is 2.92. The largest absolute Gasteiger partial charge is 0.422 e. The highest BCUT2D eigenvalue weighted by Gasteiger charge is 2.26. The highest BCUT2D eigenvalue weighted by atomic mass is 127. The van der Waals surface area contributed by atoms with Crippen LogP contribution >= 0.6 is 34.1 Å². The van der Waals surface area contributed by atoms with Crippen molar-refractivity contribution in [2.75, 3.05) is 0 Å². The van der Waals surface area contributed by atoms with Crippen molar-refractivity contribution >= 4 is 45.9 Å². The van der Waals surface area contributed by atoms with Gasteiger partial charge in [0, 0.05) is 5.56 Å². The van der Waals surface area contributed by atoms with Crippen LogP contribution in [-0.2, 0) is 4.74 Å². The summed E-state index contributed by atoms with van der Waals surface area (Å²) in [4.78, 5) is 12.2. The molecule has 6 heteroatoms. The SMILES string of the molecule is Cc1nsc(I)c1C(=O)OC1=CC(O)c2ccccc21. The second kappa shape index (κ2) is 5.27. The maximum atomic E-state index is 12.2. The van der Waals surface area contributed by atoms with Gasteiger partial charge in [-0.05, 0) is 52.7 Å². The second-order valence-corrected chi connectivity index (χ2v) is 6.95. The van der Waals surface area contributed by atoms with E-state index in [-0.39, 0.29) is 0 Å². The smallest absolute Gasteiger partial charge is 0.347 e. The predicted molar refractivity (Wildman–Crippen MR) is 84.4 cm³/mol. The Balaban J connectivity index is 1.90. The molecule has 0 radical (unpaired) electrons. The minimum Gasteiger partial charge on any atom is -0.422 e. The summed E-state index contributed by atoms with van der Waals surface area (Å²) in [6.45, 7) is 1.78. The van der Waals surface area contributed by atoms with Crippen LogP contribution < -0.4 is 0 Å². The number of aliphatic hydroxyl groups excluding tert-OH is 1. The number of ether oxygens (including phenoxy) is 1. The van der Waals surface area contributed by atoms with Crippen LogP contribution in [0.15, 0.2) is 30.3 Å². The summed E-state index contributed by atoms with van der Waals surface area (Å²) in [5, 5.41) is 9.92. The summed E-state index contributed by atoms with van der Waals surface area (Å²) in [6.07, 6.45) is 0.819. The lowest BCUT2D eigenvalue weighted by Gasteiger charge is -2.07. The van der Waals surface area contributed by atoms with Gasteiger partial charge < -0.3 is 9.84 Å². The van der Waals surface area contributed by atoms with Crippen molar-refractivity contribution in [2.45, 2.75) is 13.0 Å². The van der Waals surface area contributed by atoms with Crippen LogP contribution in [0.4, 0.5) is 0 Å².